The lowest BCUT2D eigenvalue weighted by atomic mass is 10.1. The van der Waals surface area contributed by atoms with E-state index >= 15 is 0 Å². The number of fused-ring (bicyclic) bond motifs is 9. The van der Waals surface area contributed by atoms with Crippen LogP contribution in [0.25, 0.3) is 76.9 Å². The van der Waals surface area contributed by atoms with E-state index in [1.165, 1.54) is 31.7 Å². The Kier molecular flexibility index (Phi) is 7.58. The number of nitrogens with zero attached hydrogens (tertiary/aromatic N) is 3. The van der Waals surface area contributed by atoms with Crippen molar-refractivity contribution >= 4 is 94.4 Å². The zero-order valence-electron chi connectivity index (χ0n) is 32.5. The molecule has 0 bridgehead atoms. The van der Waals surface area contributed by atoms with Crippen molar-refractivity contribution in [3.63, 3.8) is 0 Å². The molecule has 0 fully saturated rings. The second kappa shape index (κ2) is 13.3. The number of hydrogen-bond donors (Lipinski definition) is 0. The van der Waals surface area contributed by atoms with Gasteiger partial charge < -0.3 is 13.6 Å². The third kappa shape index (κ3) is 4.95. The Morgan fingerprint density at radius 2 is 0.850 bits per heavy atom. The van der Waals surface area contributed by atoms with Crippen LogP contribution in [0.3, 0.4) is 0 Å². The van der Waals surface area contributed by atoms with Crippen LogP contribution in [0.2, 0.25) is 0 Å². The van der Waals surface area contributed by atoms with E-state index in [1.54, 1.807) is 0 Å². The molecule has 0 saturated carbocycles. The molecular weight excluding hydrogens is 747 g/mol. The predicted octanol–water partition coefficient (Wildman–Crippen LogP) is 11.0. The maximum atomic E-state index is 10.8. The summed E-state index contributed by atoms with van der Waals surface area (Å²) >= 11 is 0. The van der Waals surface area contributed by atoms with Crippen LogP contribution in [0.4, 0.5) is 0 Å². The second-order valence-electron chi connectivity index (χ2n) is 15.6. The molecule has 3 heterocycles. The molecule has 0 amide bonds. The summed E-state index contributed by atoms with van der Waals surface area (Å²) in [4.78, 5) is 0. The minimum atomic E-state index is -3.09. The fraction of sp³-hybridized carbons (Fsp3) is 0. The molecular formula is C55H35N3OSi. The molecule has 5 heteroatoms. The fourth-order valence-electron chi connectivity index (χ4n) is 9.92. The molecule has 60 heavy (non-hydrogen) atoms. The van der Waals surface area contributed by atoms with E-state index in [4.69, 9.17) is 4.42 Å². The van der Waals surface area contributed by atoms with Gasteiger partial charge >= 0.3 is 0 Å². The number of furan rings is 1. The van der Waals surface area contributed by atoms with Gasteiger partial charge in [0.25, 0.3) is 0 Å². The maximum Gasteiger partial charge on any atom is 0.179 e. The first-order valence-corrected chi connectivity index (χ1v) is 22.3. The van der Waals surface area contributed by atoms with E-state index in [2.05, 4.69) is 209 Å². The van der Waals surface area contributed by atoms with E-state index in [0.717, 1.165) is 66.0 Å². The van der Waals surface area contributed by atoms with Gasteiger partial charge in [0.1, 0.15) is 11.2 Å². The monoisotopic (exact) mass is 781 g/mol. The van der Waals surface area contributed by atoms with E-state index in [9.17, 15) is 5.26 Å². The highest BCUT2D eigenvalue weighted by molar-refractivity contribution is 7.20. The smallest absolute Gasteiger partial charge is 0.179 e. The van der Waals surface area contributed by atoms with Gasteiger partial charge in [-0.1, -0.05) is 146 Å². The molecule has 4 nitrogen and oxygen atoms in total. The standard InChI is InChI=1S/C55H35N3OSi/c56-36-37-31-39(58-50-23-11-7-19-44(50)45-20-8-12-24-51(45)58)33-43(32-37)60(40-15-3-1-4-16-40,41-17-5-2-6-18-41)42-29-27-38(28-30-42)57-52-25-13-9-21-46(52)48-35-55-49(34-53(48)57)47-22-10-14-26-54(47)59-55/h1-35H. The number of rotatable bonds is 6. The molecule has 9 aromatic carbocycles. The molecule has 280 valence electrons. The zero-order chi connectivity index (χ0) is 39.8. The number of nitriles is 1. The van der Waals surface area contributed by atoms with Gasteiger partial charge in [-0.05, 0) is 87.5 Å². The van der Waals surface area contributed by atoms with Crippen LogP contribution in [-0.2, 0) is 0 Å². The van der Waals surface area contributed by atoms with Gasteiger partial charge in [0.05, 0.1) is 33.7 Å². The summed E-state index contributed by atoms with van der Waals surface area (Å²) in [5.74, 6) is 0. The summed E-state index contributed by atoms with van der Waals surface area (Å²) in [5, 5.41) is 22.6. The molecule has 0 spiro atoms. The molecule has 3 aromatic heterocycles. The van der Waals surface area contributed by atoms with Crippen LogP contribution in [0, 0.1) is 11.3 Å². The average molecular weight is 782 g/mol. The summed E-state index contributed by atoms with van der Waals surface area (Å²) in [6.45, 7) is 0. The van der Waals surface area contributed by atoms with Gasteiger partial charge in [-0.3, -0.25) is 0 Å². The fourth-order valence-corrected chi connectivity index (χ4v) is 14.7. The van der Waals surface area contributed by atoms with Crippen molar-refractivity contribution in [2.75, 3.05) is 0 Å². The van der Waals surface area contributed by atoms with Gasteiger partial charge in [-0.2, -0.15) is 5.26 Å². The molecule has 0 unspecified atom stereocenters. The van der Waals surface area contributed by atoms with E-state index < -0.39 is 8.07 Å². The molecule has 0 aliphatic heterocycles. The van der Waals surface area contributed by atoms with E-state index in [-0.39, 0.29) is 0 Å². The van der Waals surface area contributed by atoms with Gasteiger partial charge in [0, 0.05) is 43.7 Å². The summed E-state index contributed by atoms with van der Waals surface area (Å²) in [7, 11) is -3.09. The summed E-state index contributed by atoms with van der Waals surface area (Å²) in [5.41, 5.74) is 8.98. The lowest BCUT2D eigenvalue weighted by molar-refractivity contribution is 0.669. The number of aromatic nitrogens is 2. The van der Waals surface area contributed by atoms with Crippen LogP contribution in [0.15, 0.2) is 217 Å². The summed E-state index contributed by atoms with van der Waals surface area (Å²) < 4.78 is 11.1. The molecule has 0 aliphatic carbocycles. The Hall–Kier alpha value is -7.91. The van der Waals surface area contributed by atoms with Crippen molar-refractivity contribution in [3.05, 3.63) is 218 Å². The Morgan fingerprint density at radius 3 is 1.45 bits per heavy atom. The highest BCUT2D eigenvalue weighted by atomic mass is 28.3. The molecule has 12 aromatic rings. The third-order valence-corrected chi connectivity index (χ3v) is 17.2. The van der Waals surface area contributed by atoms with Gasteiger partial charge in [0.15, 0.2) is 8.07 Å². The highest BCUT2D eigenvalue weighted by Crippen LogP contribution is 2.38. The third-order valence-electron chi connectivity index (χ3n) is 12.5. The lowest BCUT2D eigenvalue weighted by Gasteiger charge is -2.35. The largest absolute Gasteiger partial charge is 0.456 e. The van der Waals surface area contributed by atoms with Gasteiger partial charge in [-0.15, -0.1) is 0 Å². The van der Waals surface area contributed by atoms with Crippen LogP contribution < -0.4 is 20.7 Å². The molecule has 0 N–H and O–H groups in total. The summed E-state index contributed by atoms with van der Waals surface area (Å²) in [6, 6.07) is 78.8. The second-order valence-corrected chi connectivity index (χ2v) is 19.4. The van der Waals surface area contributed by atoms with Gasteiger partial charge in [-0.25, -0.2) is 0 Å². The first-order chi connectivity index (χ1) is 29.7. The number of para-hydroxylation sites is 4. The first kappa shape index (κ1) is 34.2. The topological polar surface area (TPSA) is 46.8 Å². The van der Waals surface area contributed by atoms with Crippen LogP contribution in [0.1, 0.15) is 5.56 Å². The predicted molar refractivity (Wildman–Crippen MR) is 251 cm³/mol. The SMILES string of the molecule is N#Cc1cc(-n2c3ccccc3c3ccccc32)cc([Si](c2ccccc2)(c2ccccc2)c2ccc(-n3c4ccccc4c4cc5oc6ccccc6c5cc43)cc2)c1. The summed E-state index contributed by atoms with van der Waals surface area (Å²) in [6.07, 6.45) is 0. The van der Waals surface area contributed by atoms with Crippen molar-refractivity contribution in [1.29, 1.82) is 5.26 Å². The molecule has 0 saturated heterocycles. The van der Waals surface area contributed by atoms with Crippen LogP contribution in [-0.4, -0.2) is 17.2 Å². The number of benzene rings is 9. The Bertz CT molecular complexity index is 3570. The van der Waals surface area contributed by atoms with Crippen molar-refractivity contribution in [2.24, 2.45) is 0 Å². The van der Waals surface area contributed by atoms with Crippen molar-refractivity contribution < 1.29 is 4.42 Å². The Balaban J connectivity index is 1.13. The van der Waals surface area contributed by atoms with Crippen LogP contribution in [0.5, 0.6) is 0 Å². The van der Waals surface area contributed by atoms with Crippen molar-refractivity contribution in [2.45, 2.75) is 0 Å². The first-order valence-electron chi connectivity index (χ1n) is 20.3. The van der Waals surface area contributed by atoms with Gasteiger partial charge in [0.2, 0.25) is 0 Å². The Morgan fingerprint density at radius 1 is 0.350 bits per heavy atom. The normalized spacial score (nSPS) is 12.0. The van der Waals surface area contributed by atoms with E-state index in [0.29, 0.717) is 5.56 Å². The molecule has 0 aliphatic rings. The Labute approximate surface area is 347 Å². The molecule has 0 atom stereocenters. The molecule has 12 rings (SSSR count). The van der Waals surface area contributed by atoms with Crippen molar-refractivity contribution in [3.8, 4) is 17.4 Å². The maximum absolute atomic E-state index is 10.8. The minimum absolute atomic E-state index is 0.632. The van der Waals surface area contributed by atoms with Crippen molar-refractivity contribution in [1.82, 2.24) is 9.13 Å². The number of hydrogen-bond acceptors (Lipinski definition) is 2. The molecule has 0 radical (unpaired) electrons. The van der Waals surface area contributed by atoms with E-state index in [1.807, 2.05) is 18.2 Å². The zero-order valence-corrected chi connectivity index (χ0v) is 33.5. The van der Waals surface area contributed by atoms with Crippen LogP contribution >= 0.6 is 0 Å². The highest BCUT2D eigenvalue weighted by Gasteiger charge is 2.42. The average Bonchev–Trinajstić information content (AvgIpc) is 3.96. The lowest BCUT2D eigenvalue weighted by Crippen LogP contribution is -2.74. The minimum Gasteiger partial charge on any atom is -0.456 e. The quantitative estimate of drug-likeness (QED) is 0.125.